The number of nitrogens with zero attached hydrogens (tertiary/aromatic N) is 2. The lowest BCUT2D eigenvalue weighted by Gasteiger charge is -2.09. The number of fused-ring (bicyclic) bond motifs is 1. The van der Waals surface area contributed by atoms with Crippen LogP contribution in [-0.2, 0) is 0 Å². The summed E-state index contributed by atoms with van der Waals surface area (Å²) in [5, 5.41) is 14.2. The topological polar surface area (TPSA) is 98.3 Å². The second kappa shape index (κ2) is 7.13. The van der Waals surface area contributed by atoms with E-state index in [-0.39, 0.29) is 17.5 Å². The van der Waals surface area contributed by atoms with E-state index in [0.29, 0.717) is 32.9 Å². The molecule has 0 bridgehead atoms. The summed E-state index contributed by atoms with van der Waals surface area (Å²) in [5.74, 6) is -0.0841. The van der Waals surface area contributed by atoms with E-state index in [0.717, 1.165) is 0 Å². The third kappa shape index (κ3) is 3.43. The maximum absolute atomic E-state index is 12.5. The number of non-ortho nitro benzene ring substituents is 1. The van der Waals surface area contributed by atoms with E-state index in [1.54, 1.807) is 48.5 Å². The Balaban J connectivity index is 1.70. The molecule has 0 aliphatic heterocycles. The fourth-order valence-electron chi connectivity index (χ4n) is 2.75. The van der Waals surface area contributed by atoms with Crippen molar-refractivity contribution in [1.82, 2.24) is 4.98 Å². The molecule has 7 nitrogen and oxygen atoms in total. The Morgan fingerprint density at radius 2 is 1.89 bits per heavy atom. The van der Waals surface area contributed by atoms with Crippen LogP contribution in [0.4, 0.5) is 11.4 Å². The number of para-hydroxylation sites is 1. The quantitative estimate of drug-likeness (QED) is 0.374. The van der Waals surface area contributed by atoms with Crippen LogP contribution < -0.4 is 5.32 Å². The molecule has 0 radical (unpaired) electrons. The molecule has 0 fully saturated rings. The first-order valence-electron chi connectivity index (χ1n) is 8.22. The average Bonchev–Trinajstić information content (AvgIpc) is 3.11. The molecule has 8 heteroatoms. The lowest BCUT2D eigenvalue weighted by molar-refractivity contribution is -0.384. The SMILES string of the molecule is O=C(Nc1ccccc1-c1nc2cc([N+](=O)[O-])ccc2o1)c1cccc(Cl)c1. The van der Waals surface area contributed by atoms with Crippen molar-refractivity contribution in [2.24, 2.45) is 0 Å². The van der Waals surface area contributed by atoms with E-state index in [1.807, 2.05) is 0 Å². The molecule has 0 aliphatic rings. The van der Waals surface area contributed by atoms with Crippen LogP contribution in [0, 0.1) is 10.1 Å². The molecule has 0 spiro atoms. The second-order valence-corrected chi connectivity index (χ2v) is 6.37. The smallest absolute Gasteiger partial charge is 0.271 e. The first-order valence-corrected chi connectivity index (χ1v) is 8.60. The molecule has 1 heterocycles. The van der Waals surface area contributed by atoms with Crippen LogP contribution >= 0.6 is 11.6 Å². The third-order valence-corrected chi connectivity index (χ3v) is 4.31. The highest BCUT2D eigenvalue weighted by molar-refractivity contribution is 6.31. The summed E-state index contributed by atoms with van der Waals surface area (Å²) in [4.78, 5) is 27.3. The normalized spacial score (nSPS) is 10.8. The minimum Gasteiger partial charge on any atom is -0.436 e. The van der Waals surface area contributed by atoms with Crippen molar-refractivity contribution < 1.29 is 14.1 Å². The lowest BCUT2D eigenvalue weighted by Crippen LogP contribution is -2.12. The predicted octanol–water partition coefficient (Wildman–Crippen LogP) is 5.31. The molecule has 138 valence electrons. The third-order valence-electron chi connectivity index (χ3n) is 4.07. The van der Waals surface area contributed by atoms with Crippen LogP contribution in [-0.4, -0.2) is 15.8 Å². The molecule has 28 heavy (non-hydrogen) atoms. The number of amides is 1. The zero-order valence-electron chi connectivity index (χ0n) is 14.3. The summed E-state index contributed by atoms with van der Waals surface area (Å²) in [6.07, 6.45) is 0. The molecule has 4 aromatic rings. The van der Waals surface area contributed by atoms with Crippen LogP contribution in [0.5, 0.6) is 0 Å². The van der Waals surface area contributed by atoms with Crippen LogP contribution in [0.15, 0.2) is 71.1 Å². The number of oxazole rings is 1. The number of carbonyl (C=O) groups is 1. The van der Waals surface area contributed by atoms with Gasteiger partial charge >= 0.3 is 0 Å². The Morgan fingerprint density at radius 1 is 1.07 bits per heavy atom. The van der Waals surface area contributed by atoms with Crippen molar-refractivity contribution in [3.8, 4) is 11.5 Å². The fraction of sp³-hybridized carbons (Fsp3) is 0. The number of nitro groups is 1. The zero-order chi connectivity index (χ0) is 19.7. The molecule has 1 N–H and O–H groups in total. The van der Waals surface area contributed by atoms with Gasteiger partial charge in [-0.3, -0.25) is 14.9 Å². The molecular weight excluding hydrogens is 382 g/mol. The Kier molecular flexibility index (Phi) is 4.50. The second-order valence-electron chi connectivity index (χ2n) is 5.94. The largest absolute Gasteiger partial charge is 0.436 e. The van der Waals surface area contributed by atoms with Gasteiger partial charge in [-0.2, -0.15) is 0 Å². The monoisotopic (exact) mass is 393 g/mol. The van der Waals surface area contributed by atoms with E-state index >= 15 is 0 Å². The standard InChI is InChI=1S/C20H12ClN3O4/c21-13-5-3-4-12(10-13)19(25)22-16-7-2-1-6-15(16)20-23-17-11-14(24(26)27)8-9-18(17)28-20/h1-11H,(H,22,25). The highest BCUT2D eigenvalue weighted by Gasteiger charge is 2.16. The van der Waals surface area contributed by atoms with Crippen LogP contribution in [0.1, 0.15) is 10.4 Å². The summed E-state index contributed by atoms with van der Waals surface area (Å²) in [6, 6.07) is 17.8. The number of hydrogen-bond donors (Lipinski definition) is 1. The lowest BCUT2D eigenvalue weighted by atomic mass is 10.1. The molecule has 1 aromatic heterocycles. The minimum absolute atomic E-state index is 0.0742. The molecule has 3 aromatic carbocycles. The van der Waals surface area contributed by atoms with Gasteiger partial charge in [0.05, 0.1) is 16.2 Å². The Bertz CT molecular complexity index is 1220. The minimum atomic E-state index is -0.493. The molecule has 0 unspecified atom stereocenters. The van der Waals surface area contributed by atoms with Gasteiger partial charge in [0.2, 0.25) is 5.89 Å². The van der Waals surface area contributed by atoms with Gasteiger partial charge in [0.25, 0.3) is 11.6 Å². The zero-order valence-corrected chi connectivity index (χ0v) is 15.0. The summed E-state index contributed by atoms with van der Waals surface area (Å²) < 4.78 is 5.73. The summed E-state index contributed by atoms with van der Waals surface area (Å²) in [5.41, 5.74) is 2.16. The molecule has 0 saturated carbocycles. The fourth-order valence-corrected chi connectivity index (χ4v) is 2.94. The molecule has 0 aliphatic carbocycles. The number of benzene rings is 3. The van der Waals surface area contributed by atoms with Gasteiger partial charge in [-0.25, -0.2) is 4.98 Å². The molecule has 0 atom stereocenters. The highest BCUT2D eigenvalue weighted by atomic mass is 35.5. The van der Waals surface area contributed by atoms with Gasteiger partial charge in [0, 0.05) is 22.7 Å². The maximum atomic E-state index is 12.5. The number of nitrogens with one attached hydrogen (secondary N) is 1. The number of carbonyl (C=O) groups excluding carboxylic acids is 1. The van der Waals surface area contributed by atoms with Crippen molar-refractivity contribution in [3.63, 3.8) is 0 Å². The number of aromatic nitrogens is 1. The molecule has 4 rings (SSSR count). The number of halogens is 1. The molecule has 1 amide bonds. The van der Waals surface area contributed by atoms with Gasteiger partial charge < -0.3 is 9.73 Å². The van der Waals surface area contributed by atoms with E-state index in [9.17, 15) is 14.9 Å². The number of hydrogen-bond acceptors (Lipinski definition) is 5. The number of rotatable bonds is 4. The number of anilines is 1. The van der Waals surface area contributed by atoms with E-state index in [4.69, 9.17) is 16.0 Å². The van der Waals surface area contributed by atoms with Gasteiger partial charge in [0.1, 0.15) is 5.52 Å². The van der Waals surface area contributed by atoms with E-state index in [2.05, 4.69) is 10.3 Å². The van der Waals surface area contributed by atoms with E-state index in [1.165, 1.54) is 18.2 Å². The van der Waals surface area contributed by atoms with Crippen molar-refractivity contribution in [3.05, 3.63) is 87.4 Å². The van der Waals surface area contributed by atoms with Gasteiger partial charge in [-0.1, -0.05) is 29.8 Å². The maximum Gasteiger partial charge on any atom is 0.271 e. The first kappa shape index (κ1) is 17.7. The van der Waals surface area contributed by atoms with Crippen LogP contribution in [0.3, 0.4) is 0 Å². The highest BCUT2D eigenvalue weighted by Crippen LogP contribution is 2.31. The van der Waals surface area contributed by atoms with Crippen LogP contribution in [0.2, 0.25) is 5.02 Å². The average molecular weight is 394 g/mol. The summed E-state index contributed by atoms with van der Waals surface area (Å²) in [7, 11) is 0. The van der Waals surface area contributed by atoms with Gasteiger partial charge in [0.15, 0.2) is 5.58 Å². The van der Waals surface area contributed by atoms with Crippen molar-refractivity contribution in [1.29, 1.82) is 0 Å². The summed E-state index contributed by atoms with van der Waals surface area (Å²) >= 11 is 5.95. The van der Waals surface area contributed by atoms with Gasteiger partial charge in [-0.05, 0) is 36.4 Å². The summed E-state index contributed by atoms with van der Waals surface area (Å²) in [6.45, 7) is 0. The van der Waals surface area contributed by atoms with Crippen molar-refractivity contribution >= 4 is 40.0 Å². The van der Waals surface area contributed by atoms with E-state index < -0.39 is 4.92 Å². The Hall–Kier alpha value is -3.71. The van der Waals surface area contributed by atoms with Crippen molar-refractivity contribution in [2.45, 2.75) is 0 Å². The molecule has 0 saturated heterocycles. The first-order chi connectivity index (χ1) is 13.5. The van der Waals surface area contributed by atoms with Gasteiger partial charge in [-0.15, -0.1) is 0 Å². The Labute approximate surface area is 163 Å². The number of nitro benzene ring substituents is 1. The van der Waals surface area contributed by atoms with Crippen LogP contribution in [0.25, 0.3) is 22.6 Å². The Morgan fingerprint density at radius 3 is 2.68 bits per heavy atom. The predicted molar refractivity (Wildman–Crippen MR) is 106 cm³/mol. The molecular formula is C20H12ClN3O4. The van der Waals surface area contributed by atoms with Crippen molar-refractivity contribution in [2.75, 3.05) is 5.32 Å².